The van der Waals surface area contributed by atoms with Crippen molar-refractivity contribution in [3.63, 3.8) is 0 Å². The molecule has 1 aliphatic rings. The SMILES string of the molecule is CC(=O)SCC(=Cc1ccnc2[nH]ccc12)B1OC(C)(C)C(C)(C)O1. The Kier molecular flexibility index (Phi) is 4.83. The second-order valence-corrected chi connectivity index (χ2v) is 8.38. The number of carbonyl (C=O) groups is 1. The summed E-state index contributed by atoms with van der Waals surface area (Å²) in [4.78, 5) is 18.9. The lowest BCUT2D eigenvalue weighted by Gasteiger charge is -2.32. The van der Waals surface area contributed by atoms with E-state index in [1.165, 1.54) is 11.8 Å². The van der Waals surface area contributed by atoms with Crippen molar-refractivity contribution >= 4 is 41.1 Å². The number of hydrogen-bond donors (Lipinski definition) is 1. The molecule has 0 bridgehead atoms. The van der Waals surface area contributed by atoms with Gasteiger partial charge in [0.2, 0.25) is 0 Å². The van der Waals surface area contributed by atoms with Crippen molar-refractivity contribution in [3.8, 4) is 0 Å². The minimum Gasteiger partial charge on any atom is -0.400 e. The van der Waals surface area contributed by atoms with Gasteiger partial charge in [-0.05, 0) is 50.9 Å². The molecule has 132 valence electrons. The highest BCUT2D eigenvalue weighted by Crippen LogP contribution is 2.39. The average Bonchev–Trinajstić information content (AvgIpc) is 3.06. The first-order chi connectivity index (χ1) is 11.7. The smallest absolute Gasteiger partial charge is 0.400 e. The summed E-state index contributed by atoms with van der Waals surface area (Å²) < 4.78 is 12.4. The van der Waals surface area contributed by atoms with Gasteiger partial charge in [0.05, 0.1) is 11.2 Å². The molecule has 0 atom stereocenters. The minimum absolute atomic E-state index is 0.0731. The number of rotatable bonds is 4. The van der Waals surface area contributed by atoms with Crippen LogP contribution in [0.4, 0.5) is 0 Å². The van der Waals surface area contributed by atoms with E-state index in [0.717, 1.165) is 22.1 Å². The molecule has 0 spiro atoms. The first kappa shape index (κ1) is 18.2. The molecule has 3 heterocycles. The maximum atomic E-state index is 11.5. The first-order valence-corrected chi connectivity index (χ1v) is 9.30. The standard InChI is InChI=1S/C18H23BN2O3S/c1-12(22)25-11-14(19-23-17(2,3)18(4,5)24-19)10-13-6-8-20-16-15(13)7-9-21-16/h6-10H,11H2,1-5H3,(H,20,21). The van der Waals surface area contributed by atoms with Crippen molar-refractivity contribution < 1.29 is 14.1 Å². The van der Waals surface area contributed by atoms with E-state index in [0.29, 0.717) is 5.75 Å². The van der Waals surface area contributed by atoms with E-state index in [1.54, 1.807) is 13.1 Å². The second-order valence-electron chi connectivity index (χ2n) is 7.23. The first-order valence-electron chi connectivity index (χ1n) is 8.31. The zero-order valence-electron chi connectivity index (χ0n) is 15.3. The number of carbonyl (C=O) groups excluding carboxylic acids is 1. The van der Waals surface area contributed by atoms with Crippen molar-refractivity contribution in [2.75, 3.05) is 5.75 Å². The Balaban J connectivity index is 1.98. The van der Waals surface area contributed by atoms with Crippen LogP contribution in [0.2, 0.25) is 0 Å². The lowest BCUT2D eigenvalue weighted by atomic mass is 9.78. The van der Waals surface area contributed by atoms with E-state index in [4.69, 9.17) is 9.31 Å². The summed E-state index contributed by atoms with van der Waals surface area (Å²) in [6.07, 6.45) is 5.69. The molecule has 0 radical (unpaired) electrons. The highest BCUT2D eigenvalue weighted by molar-refractivity contribution is 8.13. The maximum Gasteiger partial charge on any atom is 0.491 e. The molecule has 2 aromatic heterocycles. The van der Waals surface area contributed by atoms with Crippen molar-refractivity contribution in [2.45, 2.75) is 45.8 Å². The third-order valence-corrected chi connectivity index (χ3v) is 5.72. The molecular weight excluding hydrogens is 335 g/mol. The predicted molar refractivity (Wildman–Crippen MR) is 103 cm³/mol. The van der Waals surface area contributed by atoms with Crippen LogP contribution in [0.1, 0.15) is 40.2 Å². The third-order valence-electron chi connectivity index (χ3n) is 4.83. The normalized spacial score (nSPS) is 19.6. The second kappa shape index (κ2) is 6.63. The molecule has 0 aliphatic carbocycles. The van der Waals surface area contributed by atoms with E-state index in [-0.39, 0.29) is 5.12 Å². The monoisotopic (exact) mass is 358 g/mol. The summed E-state index contributed by atoms with van der Waals surface area (Å²) in [6.45, 7) is 9.68. The van der Waals surface area contributed by atoms with Gasteiger partial charge in [-0.1, -0.05) is 17.8 Å². The molecule has 1 N–H and O–H groups in total. The van der Waals surface area contributed by atoms with Crippen molar-refractivity contribution in [1.29, 1.82) is 0 Å². The van der Waals surface area contributed by atoms with Gasteiger partial charge in [0.25, 0.3) is 0 Å². The summed E-state index contributed by atoms with van der Waals surface area (Å²) in [6, 6.07) is 3.95. The molecule has 5 nitrogen and oxygen atoms in total. The van der Waals surface area contributed by atoms with Crippen LogP contribution < -0.4 is 0 Å². The highest BCUT2D eigenvalue weighted by Gasteiger charge is 2.52. The van der Waals surface area contributed by atoms with Gasteiger partial charge in [0.15, 0.2) is 5.12 Å². The molecule has 25 heavy (non-hydrogen) atoms. The van der Waals surface area contributed by atoms with E-state index in [2.05, 4.69) is 16.0 Å². The number of H-pyrrole nitrogens is 1. The molecule has 1 fully saturated rings. The minimum atomic E-state index is -0.473. The van der Waals surface area contributed by atoms with Gasteiger partial charge in [0.1, 0.15) is 5.65 Å². The number of fused-ring (bicyclic) bond motifs is 1. The van der Waals surface area contributed by atoms with Gasteiger partial charge in [0, 0.05) is 30.5 Å². The molecule has 7 heteroatoms. The molecular formula is C18H23BN2O3S. The van der Waals surface area contributed by atoms with E-state index >= 15 is 0 Å². The van der Waals surface area contributed by atoms with Crippen LogP contribution >= 0.6 is 11.8 Å². The molecule has 3 rings (SSSR count). The zero-order valence-corrected chi connectivity index (χ0v) is 16.1. The fourth-order valence-corrected chi connectivity index (χ4v) is 3.25. The van der Waals surface area contributed by atoms with Gasteiger partial charge in [-0.25, -0.2) is 4.98 Å². The Hall–Kier alpha value is -1.57. The summed E-state index contributed by atoms with van der Waals surface area (Å²) in [7, 11) is -0.473. The molecule has 0 aromatic carbocycles. The number of nitrogens with one attached hydrogen (secondary N) is 1. The number of nitrogens with zero attached hydrogens (tertiary/aromatic N) is 1. The van der Waals surface area contributed by atoms with E-state index < -0.39 is 18.3 Å². The summed E-state index contributed by atoms with van der Waals surface area (Å²) >= 11 is 1.26. The molecule has 2 aromatic rings. The van der Waals surface area contributed by atoms with Crippen LogP contribution in [0, 0.1) is 0 Å². The van der Waals surface area contributed by atoms with Gasteiger partial charge < -0.3 is 14.3 Å². The van der Waals surface area contributed by atoms with Gasteiger partial charge in [-0.3, -0.25) is 4.79 Å². The quantitative estimate of drug-likeness (QED) is 0.841. The van der Waals surface area contributed by atoms with Crippen LogP contribution in [0.5, 0.6) is 0 Å². The average molecular weight is 358 g/mol. The lowest BCUT2D eigenvalue weighted by Crippen LogP contribution is -2.41. The molecule has 0 amide bonds. The number of hydrogen-bond acceptors (Lipinski definition) is 5. The number of thioether (sulfide) groups is 1. The molecule has 0 saturated carbocycles. The van der Waals surface area contributed by atoms with Crippen LogP contribution in [-0.2, 0) is 14.1 Å². The number of aromatic nitrogens is 2. The predicted octanol–water partition coefficient (Wildman–Crippen LogP) is 3.86. The fourth-order valence-electron chi connectivity index (χ4n) is 2.67. The van der Waals surface area contributed by atoms with Gasteiger partial charge in [-0.15, -0.1) is 0 Å². The molecule has 1 saturated heterocycles. The number of pyridine rings is 1. The van der Waals surface area contributed by atoms with Crippen LogP contribution in [-0.4, -0.2) is 39.2 Å². The Morgan fingerprint density at radius 1 is 1.28 bits per heavy atom. The van der Waals surface area contributed by atoms with Crippen molar-refractivity contribution in [3.05, 3.63) is 35.6 Å². The van der Waals surface area contributed by atoms with Crippen molar-refractivity contribution in [2.24, 2.45) is 0 Å². The molecule has 0 unspecified atom stereocenters. The zero-order chi connectivity index (χ0) is 18.2. The lowest BCUT2D eigenvalue weighted by molar-refractivity contribution is -0.109. The summed E-state index contributed by atoms with van der Waals surface area (Å²) in [5, 5.41) is 1.10. The third kappa shape index (κ3) is 3.68. The van der Waals surface area contributed by atoms with Gasteiger partial charge >= 0.3 is 7.12 Å². The topological polar surface area (TPSA) is 64.2 Å². The van der Waals surface area contributed by atoms with E-state index in [1.807, 2.05) is 46.0 Å². The maximum absolute atomic E-state index is 11.5. The Morgan fingerprint density at radius 2 is 1.96 bits per heavy atom. The summed E-state index contributed by atoms with van der Waals surface area (Å²) in [5.41, 5.74) is 1.97. The van der Waals surface area contributed by atoms with Crippen LogP contribution in [0.3, 0.4) is 0 Å². The fraction of sp³-hybridized carbons (Fsp3) is 0.444. The molecule has 1 aliphatic heterocycles. The Bertz CT molecular complexity index is 813. The van der Waals surface area contributed by atoms with Gasteiger partial charge in [-0.2, -0.15) is 0 Å². The Labute approximate surface area is 152 Å². The van der Waals surface area contributed by atoms with Crippen LogP contribution in [0.15, 0.2) is 30.0 Å². The largest absolute Gasteiger partial charge is 0.491 e. The summed E-state index contributed by atoms with van der Waals surface area (Å²) in [5.74, 6) is 0.528. The van der Waals surface area contributed by atoms with Crippen LogP contribution in [0.25, 0.3) is 17.1 Å². The Morgan fingerprint density at radius 3 is 2.60 bits per heavy atom. The van der Waals surface area contributed by atoms with Crippen molar-refractivity contribution in [1.82, 2.24) is 9.97 Å². The highest BCUT2D eigenvalue weighted by atomic mass is 32.2. The number of aromatic amines is 1. The van der Waals surface area contributed by atoms with E-state index in [9.17, 15) is 4.79 Å².